The number of aromatic nitrogens is 2. The molecule has 2 aliphatic rings. The predicted molar refractivity (Wildman–Crippen MR) is 79.7 cm³/mol. The molecule has 2 fully saturated rings. The minimum atomic E-state index is 0.170. The first-order valence-corrected chi connectivity index (χ1v) is 7.81. The lowest BCUT2D eigenvalue weighted by atomic mass is 10.0. The van der Waals surface area contributed by atoms with Gasteiger partial charge in [0.1, 0.15) is 6.54 Å². The lowest BCUT2D eigenvalue weighted by Gasteiger charge is -2.42. The molecule has 0 atom stereocenters. The Morgan fingerprint density at radius 2 is 1.90 bits per heavy atom. The van der Waals surface area contributed by atoms with Gasteiger partial charge in [0.15, 0.2) is 0 Å². The first-order chi connectivity index (χ1) is 10.2. The Hall–Kier alpha value is -1.40. The Morgan fingerprint density at radius 3 is 2.52 bits per heavy atom. The number of piperazine rings is 1. The van der Waals surface area contributed by atoms with Crippen LogP contribution in [0.1, 0.15) is 12.8 Å². The molecule has 0 N–H and O–H groups in total. The summed E-state index contributed by atoms with van der Waals surface area (Å²) in [6, 6.07) is 3.52. The number of hydrogen-bond donors (Lipinski definition) is 0. The summed E-state index contributed by atoms with van der Waals surface area (Å²) >= 11 is 0. The second-order valence-electron chi connectivity index (χ2n) is 6.09. The average Bonchev–Trinajstić information content (AvgIpc) is 3.01. The number of piperidine rings is 1. The maximum absolute atomic E-state index is 12.2. The van der Waals surface area contributed by atoms with Crippen molar-refractivity contribution in [3.63, 3.8) is 0 Å². The molecule has 1 radical (unpaired) electrons. The molecule has 1 amide bonds. The lowest BCUT2D eigenvalue weighted by molar-refractivity contribution is -0.133. The summed E-state index contributed by atoms with van der Waals surface area (Å²) in [7, 11) is 2.19. The minimum Gasteiger partial charge on any atom is -0.341 e. The van der Waals surface area contributed by atoms with Crippen LogP contribution in [0.2, 0.25) is 0 Å². The van der Waals surface area contributed by atoms with Crippen molar-refractivity contribution in [3.05, 3.63) is 18.5 Å². The number of carbonyl (C=O) groups excluding carboxylic acids is 1. The Bertz CT molecular complexity index is 445. The molecule has 0 saturated carbocycles. The molecule has 0 spiro atoms. The van der Waals surface area contributed by atoms with Crippen molar-refractivity contribution in [2.45, 2.75) is 25.4 Å². The van der Waals surface area contributed by atoms with E-state index >= 15 is 0 Å². The van der Waals surface area contributed by atoms with E-state index in [4.69, 9.17) is 0 Å². The molecule has 1 aromatic rings. The summed E-state index contributed by atoms with van der Waals surface area (Å²) in [5.41, 5.74) is 0. The van der Waals surface area contributed by atoms with Crippen LogP contribution in [0.5, 0.6) is 0 Å². The Balaban J connectivity index is 1.45. The number of likely N-dealkylation sites (tertiary alicyclic amines) is 1. The molecule has 21 heavy (non-hydrogen) atoms. The largest absolute Gasteiger partial charge is 0.341 e. The zero-order valence-electron chi connectivity index (χ0n) is 12.7. The van der Waals surface area contributed by atoms with Crippen LogP contribution in [-0.2, 0) is 11.3 Å². The second-order valence-corrected chi connectivity index (χ2v) is 6.09. The summed E-state index contributed by atoms with van der Waals surface area (Å²) in [6.45, 7) is 6.74. The van der Waals surface area contributed by atoms with E-state index in [1.165, 1.54) is 0 Å². The topological polar surface area (TPSA) is 44.6 Å². The quantitative estimate of drug-likeness (QED) is 0.781. The fourth-order valence-electron chi connectivity index (χ4n) is 3.25. The average molecular weight is 290 g/mol. The number of rotatable bonds is 3. The third-order valence-electron chi connectivity index (χ3n) is 4.67. The molecule has 6 nitrogen and oxygen atoms in total. The zero-order valence-corrected chi connectivity index (χ0v) is 12.7. The lowest BCUT2D eigenvalue weighted by Crippen LogP contribution is -2.53. The maximum Gasteiger partial charge on any atom is 0.244 e. The first kappa shape index (κ1) is 14.5. The van der Waals surface area contributed by atoms with Gasteiger partial charge in [-0.15, -0.1) is 0 Å². The van der Waals surface area contributed by atoms with Crippen molar-refractivity contribution in [2.75, 3.05) is 46.3 Å². The SMILES string of the molecule is CN1CCN(C2CCN(C(=O)Cn3c[c]cn3)CC2)CC1. The predicted octanol–water partition coefficient (Wildman–Crippen LogP) is -0.0783. The molecule has 0 aromatic carbocycles. The van der Waals surface area contributed by atoms with E-state index in [0.29, 0.717) is 12.6 Å². The summed E-state index contributed by atoms with van der Waals surface area (Å²) < 4.78 is 1.65. The number of likely N-dealkylation sites (N-methyl/N-ethyl adjacent to an activating group) is 1. The van der Waals surface area contributed by atoms with E-state index in [1.54, 1.807) is 17.1 Å². The first-order valence-electron chi connectivity index (χ1n) is 7.81. The summed E-state index contributed by atoms with van der Waals surface area (Å²) in [5.74, 6) is 0.170. The molecule has 0 bridgehead atoms. The summed E-state index contributed by atoms with van der Waals surface area (Å²) in [6.07, 6.45) is 5.50. The van der Waals surface area contributed by atoms with E-state index in [9.17, 15) is 4.79 Å². The van der Waals surface area contributed by atoms with Crippen LogP contribution in [0.25, 0.3) is 0 Å². The fourth-order valence-corrected chi connectivity index (χ4v) is 3.25. The molecule has 0 unspecified atom stereocenters. The molecule has 2 saturated heterocycles. The van der Waals surface area contributed by atoms with Crippen LogP contribution in [0.4, 0.5) is 0 Å². The van der Waals surface area contributed by atoms with Crippen molar-refractivity contribution >= 4 is 5.91 Å². The minimum absolute atomic E-state index is 0.170. The number of hydrogen-bond acceptors (Lipinski definition) is 4. The maximum atomic E-state index is 12.2. The van der Waals surface area contributed by atoms with Gasteiger partial charge in [0.2, 0.25) is 5.91 Å². The van der Waals surface area contributed by atoms with Gasteiger partial charge < -0.3 is 9.80 Å². The van der Waals surface area contributed by atoms with Crippen LogP contribution in [-0.4, -0.2) is 82.7 Å². The molecule has 2 aliphatic heterocycles. The highest BCUT2D eigenvalue weighted by molar-refractivity contribution is 5.76. The molecule has 3 heterocycles. The third-order valence-corrected chi connectivity index (χ3v) is 4.67. The molecule has 6 heteroatoms. The summed E-state index contributed by atoms with van der Waals surface area (Å²) in [4.78, 5) is 19.2. The van der Waals surface area contributed by atoms with Crippen molar-refractivity contribution in [1.29, 1.82) is 0 Å². The van der Waals surface area contributed by atoms with Crippen molar-refractivity contribution < 1.29 is 4.79 Å². The second kappa shape index (κ2) is 6.58. The smallest absolute Gasteiger partial charge is 0.244 e. The van der Waals surface area contributed by atoms with Crippen LogP contribution in [0.3, 0.4) is 0 Å². The van der Waals surface area contributed by atoms with Gasteiger partial charge in [-0.1, -0.05) is 0 Å². The van der Waals surface area contributed by atoms with Gasteiger partial charge in [-0.05, 0) is 19.9 Å². The summed E-state index contributed by atoms with van der Waals surface area (Å²) in [5, 5.41) is 4.05. The van der Waals surface area contributed by atoms with Gasteiger partial charge in [0.05, 0.1) is 6.20 Å². The van der Waals surface area contributed by atoms with E-state index in [2.05, 4.69) is 28.0 Å². The highest BCUT2D eigenvalue weighted by atomic mass is 16.2. The van der Waals surface area contributed by atoms with E-state index in [-0.39, 0.29) is 5.91 Å². The number of nitrogens with zero attached hydrogens (tertiary/aromatic N) is 5. The van der Waals surface area contributed by atoms with Crippen LogP contribution in [0, 0.1) is 6.07 Å². The number of amides is 1. The standard InChI is InChI=1S/C15H24N5O/c1-17-9-11-18(12-10-17)14-3-7-19(8-4-14)15(21)13-20-6-2-5-16-20/h5-6,14H,3-4,7-13H2,1H3. The van der Waals surface area contributed by atoms with E-state index in [0.717, 1.165) is 52.1 Å². The Kier molecular flexibility index (Phi) is 4.55. The van der Waals surface area contributed by atoms with Crippen LogP contribution >= 0.6 is 0 Å². The van der Waals surface area contributed by atoms with Gasteiger partial charge >= 0.3 is 0 Å². The van der Waals surface area contributed by atoms with Gasteiger partial charge in [0, 0.05) is 57.6 Å². The Labute approximate surface area is 126 Å². The number of carbonyl (C=O) groups is 1. The normalized spacial score (nSPS) is 22.6. The van der Waals surface area contributed by atoms with Crippen LogP contribution in [0.15, 0.2) is 12.4 Å². The van der Waals surface area contributed by atoms with E-state index in [1.807, 2.05) is 4.90 Å². The monoisotopic (exact) mass is 290 g/mol. The third kappa shape index (κ3) is 3.63. The van der Waals surface area contributed by atoms with E-state index < -0.39 is 0 Å². The van der Waals surface area contributed by atoms with Gasteiger partial charge in [-0.3, -0.25) is 14.4 Å². The molecular formula is C15H24N5O. The van der Waals surface area contributed by atoms with Crippen LogP contribution < -0.4 is 0 Å². The van der Waals surface area contributed by atoms with Gasteiger partial charge in [-0.25, -0.2) is 0 Å². The van der Waals surface area contributed by atoms with Crippen molar-refractivity contribution in [2.24, 2.45) is 0 Å². The molecule has 3 rings (SSSR count). The van der Waals surface area contributed by atoms with Crippen molar-refractivity contribution in [1.82, 2.24) is 24.5 Å². The Morgan fingerprint density at radius 1 is 1.19 bits per heavy atom. The molecule has 0 aliphatic carbocycles. The zero-order chi connectivity index (χ0) is 14.7. The van der Waals surface area contributed by atoms with Gasteiger partial charge in [-0.2, -0.15) is 5.10 Å². The highest BCUT2D eigenvalue weighted by Crippen LogP contribution is 2.18. The molecule has 115 valence electrons. The molecular weight excluding hydrogens is 266 g/mol. The van der Waals surface area contributed by atoms with Crippen molar-refractivity contribution in [3.8, 4) is 0 Å². The van der Waals surface area contributed by atoms with Gasteiger partial charge in [0.25, 0.3) is 0 Å². The highest BCUT2D eigenvalue weighted by Gasteiger charge is 2.28. The molecule has 1 aromatic heterocycles. The fraction of sp³-hybridized carbons (Fsp3) is 0.733.